The quantitative estimate of drug-likeness (QED) is 0.419. The van der Waals surface area contributed by atoms with E-state index in [2.05, 4.69) is 5.32 Å². The predicted molar refractivity (Wildman–Crippen MR) is 123 cm³/mol. The SMILES string of the molecule is COC1=CC(=O)N(C(=O)[C@@H](CCC(Cl)(Cl)Cl)NC(=O)OC(C)(C)C)[C@H]1CCC(Cl)(Cl)Cl. The predicted octanol–water partition coefficient (Wildman–Crippen LogP) is 5.45. The van der Waals surface area contributed by atoms with Gasteiger partial charge in [0.25, 0.3) is 11.8 Å². The van der Waals surface area contributed by atoms with Crippen LogP contribution in [0.5, 0.6) is 0 Å². The Morgan fingerprint density at radius 2 is 1.65 bits per heavy atom. The van der Waals surface area contributed by atoms with Gasteiger partial charge in [0.1, 0.15) is 17.4 Å². The summed E-state index contributed by atoms with van der Waals surface area (Å²) in [6, 6.07) is -2.04. The minimum atomic E-state index is -1.67. The van der Waals surface area contributed by atoms with Crippen LogP contribution in [0.3, 0.4) is 0 Å². The Morgan fingerprint density at radius 3 is 2.10 bits per heavy atom. The number of nitrogens with one attached hydrogen (secondary N) is 1. The highest BCUT2D eigenvalue weighted by Gasteiger charge is 2.43. The van der Waals surface area contributed by atoms with Gasteiger partial charge in [-0.05, 0) is 46.5 Å². The second-order valence-electron chi connectivity index (χ2n) is 7.82. The van der Waals surface area contributed by atoms with Crippen LogP contribution in [0.2, 0.25) is 0 Å². The minimum Gasteiger partial charge on any atom is -0.499 e. The highest BCUT2D eigenvalue weighted by Crippen LogP contribution is 2.36. The van der Waals surface area contributed by atoms with Gasteiger partial charge in [0.15, 0.2) is 7.59 Å². The molecule has 1 N–H and O–H groups in total. The summed E-state index contributed by atoms with van der Waals surface area (Å²) in [6.45, 7) is 4.99. The molecule has 13 heteroatoms. The number of imide groups is 1. The van der Waals surface area contributed by atoms with Crippen LogP contribution in [0.1, 0.15) is 46.5 Å². The molecule has 0 aromatic heterocycles. The highest BCUT2D eigenvalue weighted by atomic mass is 35.6. The van der Waals surface area contributed by atoms with Gasteiger partial charge < -0.3 is 14.8 Å². The first kappa shape index (κ1) is 28.7. The summed E-state index contributed by atoms with van der Waals surface area (Å²) in [5, 5.41) is 2.45. The fourth-order valence-electron chi connectivity index (χ4n) is 2.78. The van der Waals surface area contributed by atoms with E-state index in [1.54, 1.807) is 20.8 Å². The van der Waals surface area contributed by atoms with Crippen molar-refractivity contribution in [3.63, 3.8) is 0 Å². The maximum Gasteiger partial charge on any atom is 0.408 e. The number of hydrogen-bond donors (Lipinski definition) is 1. The van der Waals surface area contributed by atoms with Gasteiger partial charge in [-0.25, -0.2) is 4.79 Å². The molecule has 0 saturated carbocycles. The van der Waals surface area contributed by atoms with Gasteiger partial charge in [-0.2, -0.15) is 0 Å². The average molecular weight is 561 g/mol. The van der Waals surface area contributed by atoms with Crippen LogP contribution >= 0.6 is 69.6 Å². The number of nitrogens with zero attached hydrogens (tertiary/aromatic N) is 1. The molecule has 3 amide bonds. The molecule has 7 nitrogen and oxygen atoms in total. The molecule has 0 aromatic rings. The van der Waals surface area contributed by atoms with Crippen molar-refractivity contribution in [2.75, 3.05) is 7.11 Å². The number of rotatable bonds is 7. The van der Waals surface area contributed by atoms with Crippen molar-refractivity contribution in [2.45, 2.75) is 71.7 Å². The Labute approximate surface area is 211 Å². The van der Waals surface area contributed by atoms with Crippen molar-refractivity contribution >= 4 is 87.5 Å². The van der Waals surface area contributed by atoms with E-state index in [1.165, 1.54) is 13.2 Å². The van der Waals surface area contributed by atoms with E-state index in [0.29, 0.717) is 0 Å². The van der Waals surface area contributed by atoms with Gasteiger partial charge in [-0.1, -0.05) is 69.6 Å². The van der Waals surface area contributed by atoms with Crippen molar-refractivity contribution in [1.82, 2.24) is 10.2 Å². The third kappa shape index (κ3) is 10.4. The zero-order valence-electron chi connectivity index (χ0n) is 17.3. The number of halogens is 6. The molecule has 178 valence electrons. The second-order valence-corrected chi connectivity index (χ2v) is 12.9. The molecule has 0 bridgehead atoms. The van der Waals surface area contributed by atoms with Gasteiger partial charge in [0.2, 0.25) is 0 Å². The van der Waals surface area contributed by atoms with E-state index in [-0.39, 0.29) is 31.4 Å². The molecule has 0 saturated heterocycles. The molecular weight excluding hydrogens is 537 g/mol. The lowest BCUT2D eigenvalue weighted by molar-refractivity contribution is -0.145. The van der Waals surface area contributed by atoms with Gasteiger partial charge in [-0.15, -0.1) is 0 Å². The van der Waals surface area contributed by atoms with Crippen LogP contribution < -0.4 is 5.32 Å². The molecule has 1 aliphatic heterocycles. The van der Waals surface area contributed by atoms with Gasteiger partial charge in [0, 0.05) is 6.08 Å². The van der Waals surface area contributed by atoms with E-state index in [4.69, 9.17) is 79.1 Å². The zero-order valence-corrected chi connectivity index (χ0v) is 21.9. The largest absolute Gasteiger partial charge is 0.499 e. The van der Waals surface area contributed by atoms with Crippen molar-refractivity contribution in [3.05, 3.63) is 11.8 Å². The molecule has 0 radical (unpaired) electrons. The van der Waals surface area contributed by atoms with Crippen molar-refractivity contribution in [1.29, 1.82) is 0 Å². The number of alkyl carbamates (subject to hydrolysis) is 1. The van der Waals surface area contributed by atoms with Crippen molar-refractivity contribution in [2.24, 2.45) is 0 Å². The molecule has 31 heavy (non-hydrogen) atoms. The van der Waals surface area contributed by atoms with E-state index < -0.39 is 43.2 Å². The summed E-state index contributed by atoms with van der Waals surface area (Å²) < 4.78 is 7.16. The number of carbonyl (C=O) groups is 3. The maximum absolute atomic E-state index is 13.3. The first-order chi connectivity index (χ1) is 13.9. The van der Waals surface area contributed by atoms with E-state index in [1.807, 2.05) is 0 Å². The monoisotopic (exact) mass is 558 g/mol. The second kappa shape index (κ2) is 11.2. The standard InChI is InChI=1S/C18H24Cl6N2O5/c1-16(2,3)31-15(29)25-10(5-7-17(19,20)21)14(28)26-11(6-8-18(22,23)24)12(30-4)9-13(26)27/h9-11H,5-8H2,1-4H3,(H,25,29)/t10-,11+/m1/s1. The first-order valence-corrected chi connectivity index (χ1v) is 11.5. The van der Waals surface area contributed by atoms with Crippen LogP contribution in [-0.2, 0) is 19.1 Å². The third-order valence-electron chi connectivity index (χ3n) is 4.02. The Hall–Kier alpha value is -0.310. The molecular formula is C18H24Cl6N2O5. The van der Waals surface area contributed by atoms with Gasteiger partial charge in [0.05, 0.1) is 13.2 Å². The maximum atomic E-state index is 13.3. The molecule has 0 fully saturated rings. The van der Waals surface area contributed by atoms with Crippen LogP contribution in [0, 0.1) is 0 Å². The summed E-state index contributed by atoms with van der Waals surface area (Å²) in [5.41, 5.74) is -0.811. The molecule has 0 aromatic carbocycles. The normalized spacial score (nSPS) is 18.5. The van der Waals surface area contributed by atoms with Crippen molar-refractivity contribution < 1.29 is 23.9 Å². The topological polar surface area (TPSA) is 84.9 Å². The fraction of sp³-hybridized carbons (Fsp3) is 0.722. The lowest BCUT2D eigenvalue weighted by Gasteiger charge is -2.30. The minimum absolute atomic E-state index is 0.0401. The molecule has 0 unspecified atom stereocenters. The number of amides is 3. The lowest BCUT2D eigenvalue weighted by Crippen LogP contribution is -2.53. The molecule has 2 atom stereocenters. The Morgan fingerprint density at radius 1 is 1.10 bits per heavy atom. The number of hydrogen-bond acceptors (Lipinski definition) is 5. The zero-order chi connectivity index (χ0) is 24.2. The summed E-state index contributed by atoms with van der Waals surface area (Å²) in [7, 11) is 1.36. The summed E-state index contributed by atoms with van der Waals surface area (Å²) >= 11 is 34.9. The molecule has 1 rings (SSSR count). The van der Waals surface area contributed by atoms with E-state index in [9.17, 15) is 14.4 Å². The van der Waals surface area contributed by atoms with Crippen molar-refractivity contribution in [3.8, 4) is 0 Å². The Bertz CT molecular complexity index is 712. The van der Waals surface area contributed by atoms with Gasteiger partial charge in [-0.3, -0.25) is 14.5 Å². The summed E-state index contributed by atoms with van der Waals surface area (Å²) in [4.78, 5) is 39.1. The van der Waals surface area contributed by atoms with E-state index in [0.717, 1.165) is 4.90 Å². The average Bonchev–Trinajstić information content (AvgIpc) is 2.88. The molecule has 1 aliphatic rings. The molecule has 1 heterocycles. The summed E-state index contributed by atoms with van der Waals surface area (Å²) in [5.74, 6) is -1.14. The number of carbonyl (C=O) groups excluding carboxylic acids is 3. The lowest BCUT2D eigenvalue weighted by atomic mass is 10.1. The first-order valence-electron chi connectivity index (χ1n) is 9.19. The number of ether oxygens (including phenoxy) is 2. The van der Waals surface area contributed by atoms with Crippen LogP contribution in [0.25, 0.3) is 0 Å². The molecule has 0 spiro atoms. The van der Waals surface area contributed by atoms with Crippen LogP contribution in [-0.4, -0.2) is 55.2 Å². The Kier molecular flexibility index (Phi) is 10.4. The summed E-state index contributed by atoms with van der Waals surface area (Å²) in [6.07, 6.45) is 0.322. The third-order valence-corrected chi connectivity index (χ3v) is 5.16. The number of alkyl halides is 6. The van der Waals surface area contributed by atoms with Crippen LogP contribution in [0.15, 0.2) is 11.8 Å². The van der Waals surface area contributed by atoms with Gasteiger partial charge >= 0.3 is 6.09 Å². The number of methoxy groups -OCH3 is 1. The molecule has 0 aliphatic carbocycles. The Balaban J connectivity index is 3.12. The fourth-order valence-corrected chi connectivity index (χ4v) is 3.43. The highest BCUT2D eigenvalue weighted by molar-refractivity contribution is 6.67. The van der Waals surface area contributed by atoms with E-state index >= 15 is 0 Å². The van der Waals surface area contributed by atoms with Crippen LogP contribution in [0.4, 0.5) is 4.79 Å². The smallest absolute Gasteiger partial charge is 0.408 e.